The predicted octanol–water partition coefficient (Wildman–Crippen LogP) is 0.584. The molecular formula is C26H37N7O2. The molecule has 5 rings (SSSR count). The van der Waals surface area contributed by atoms with Crippen LogP contribution < -0.4 is 22.1 Å². The molecule has 1 aromatic heterocycles. The maximum atomic E-state index is 12.8. The average molecular weight is 480 g/mol. The van der Waals surface area contributed by atoms with Crippen LogP contribution in [0, 0.1) is 5.41 Å². The number of hydrogen-bond donors (Lipinski definition) is 2. The Hall–Kier alpha value is -2.75. The van der Waals surface area contributed by atoms with Gasteiger partial charge in [-0.3, -0.25) is 9.36 Å². The molecule has 1 amide bonds. The molecular weight excluding hydrogens is 442 g/mol. The van der Waals surface area contributed by atoms with Gasteiger partial charge in [-0.05, 0) is 56.9 Å². The highest BCUT2D eigenvalue weighted by molar-refractivity contribution is 5.85. The maximum Gasteiger partial charge on any atom is 0.354 e. The van der Waals surface area contributed by atoms with Crippen LogP contribution >= 0.6 is 0 Å². The number of likely N-dealkylation sites (tertiary alicyclic amines) is 1. The second-order valence-electron chi connectivity index (χ2n) is 11.1. The van der Waals surface area contributed by atoms with Crippen LogP contribution in [0.4, 0.5) is 5.82 Å². The molecule has 1 saturated carbocycles. The zero-order valence-corrected chi connectivity index (χ0v) is 20.8. The van der Waals surface area contributed by atoms with Gasteiger partial charge < -0.3 is 26.2 Å². The van der Waals surface area contributed by atoms with Gasteiger partial charge in [-0.15, -0.1) is 0 Å². The second kappa shape index (κ2) is 9.04. The molecule has 1 aliphatic carbocycles. The number of rotatable bonds is 6. The SMILES string of the molecule is CC(C)(N)C(=O)N1CCN(c2ccn(-c3ccc(CCN4CC5(CCC5N)C4)cc3)c(=O)n2)CC1. The number of carbonyl (C=O) groups is 1. The number of hydrogen-bond acceptors (Lipinski definition) is 7. The Morgan fingerprint density at radius 3 is 2.34 bits per heavy atom. The summed E-state index contributed by atoms with van der Waals surface area (Å²) >= 11 is 0. The van der Waals surface area contributed by atoms with Gasteiger partial charge in [0.15, 0.2) is 0 Å². The van der Waals surface area contributed by atoms with E-state index in [4.69, 9.17) is 11.5 Å². The van der Waals surface area contributed by atoms with Crippen LogP contribution in [-0.4, -0.2) is 82.7 Å². The van der Waals surface area contributed by atoms with E-state index in [0.29, 0.717) is 43.5 Å². The first-order valence-corrected chi connectivity index (χ1v) is 12.6. The summed E-state index contributed by atoms with van der Waals surface area (Å²) in [5, 5.41) is 0. The second-order valence-corrected chi connectivity index (χ2v) is 11.1. The van der Waals surface area contributed by atoms with E-state index >= 15 is 0 Å². The molecule has 9 heteroatoms. The summed E-state index contributed by atoms with van der Waals surface area (Å²) in [6.07, 6.45) is 5.23. The van der Waals surface area contributed by atoms with Gasteiger partial charge in [0.25, 0.3) is 0 Å². The Labute approximate surface area is 206 Å². The van der Waals surface area contributed by atoms with Crippen molar-refractivity contribution >= 4 is 11.7 Å². The number of nitrogens with zero attached hydrogens (tertiary/aromatic N) is 5. The molecule has 2 saturated heterocycles. The molecule has 3 heterocycles. The lowest BCUT2D eigenvalue weighted by Crippen LogP contribution is -2.69. The van der Waals surface area contributed by atoms with E-state index in [9.17, 15) is 9.59 Å². The summed E-state index contributed by atoms with van der Waals surface area (Å²) in [4.78, 5) is 35.8. The fourth-order valence-corrected chi connectivity index (χ4v) is 5.54. The minimum absolute atomic E-state index is 0.0553. The lowest BCUT2D eigenvalue weighted by Gasteiger charge is -2.59. The predicted molar refractivity (Wildman–Crippen MR) is 137 cm³/mol. The van der Waals surface area contributed by atoms with Crippen LogP contribution in [0.2, 0.25) is 0 Å². The molecule has 1 unspecified atom stereocenters. The lowest BCUT2D eigenvalue weighted by molar-refractivity contribution is -0.136. The van der Waals surface area contributed by atoms with E-state index in [1.165, 1.54) is 18.4 Å². The molecule has 1 aromatic carbocycles. The zero-order valence-electron chi connectivity index (χ0n) is 20.8. The highest BCUT2D eigenvalue weighted by Crippen LogP contribution is 2.47. The van der Waals surface area contributed by atoms with Crippen molar-refractivity contribution in [1.29, 1.82) is 0 Å². The Morgan fingerprint density at radius 2 is 1.80 bits per heavy atom. The number of benzene rings is 1. The zero-order chi connectivity index (χ0) is 24.8. The van der Waals surface area contributed by atoms with Gasteiger partial charge in [-0.2, -0.15) is 4.98 Å². The van der Waals surface area contributed by atoms with Gasteiger partial charge >= 0.3 is 5.69 Å². The Kier molecular flexibility index (Phi) is 6.19. The van der Waals surface area contributed by atoms with Crippen LogP contribution in [0.1, 0.15) is 32.3 Å². The van der Waals surface area contributed by atoms with Crippen molar-refractivity contribution in [3.8, 4) is 5.69 Å². The molecule has 35 heavy (non-hydrogen) atoms. The molecule has 1 atom stereocenters. The molecule has 4 N–H and O–H groups in total. The normalized spacial score (nSPS) is 22.1. The molecule has 3 aliphatic rings. The fourth-order valence-electron chi connectivity index (χ4n) is 5.54. The number of aromatic nitrogens is 2. The highest BCUT2D eigenvalue weighted by Gasteiger charge is 2.52. The van der Waals surface area contributed by atoms with E-state index in [1.807, 2.05) is 23.1 Å². The minimum Gasteiger partial charge on any atom is -0.353 e. The first-order chi connectivity index (χ1) is 16.6. The summed E-state index contributed by atoms with van der Waals surface area (Å²) in [5.41, 5.74) is 13.4. The monoisotopic (exact) mass is 479 g/mol. The van der Waals surface area contributed by atoms with Crippen molar-refractivity contribution in [2.45, 2.75) is 44.7 Å². The topological polar surface area (TPSA) is 114 Å². The number of nitrogens with two attached hydrogens (primary N) is 2. The maximum absolute atomic E-state index is 12.8. The highest BCUT2D eigenvalue weighted by atomic mass is 16.2. The smallest absolute Gasteiger partial charge is 0.353 e. The van der Waals surface area contributed by atoms with Gasteiger partial charge in [-0.25, -0.2) is 4.79 Å². The summed E-state index contributed by atoms with van der Waals surface area (Å²) in [7, 11) is 0. The molecule has 2 aliphatic heterocycles. The third kappa shape index (κ3) is 4.72. The van der Waals surface area contributed by atoms with Crippen molar-refractivity contribution in [2.24, 2.45) is 16.9 Å². The molecule has 0 bridgehead atoms. The summed E-state index contributed by atoms with van der Waals surface area (Å²) in [6.45, 7) is 9.14. The van der Waals surface area contributed by atoms with Crippen molar-refractivity contribution < 1.29 is 4.79 Å². The lowest BCUT2D eigenvalue weighted by atomic mass is 9.60. The number of amides is 1. The molecule has 188 valence electrons. The number of carbonyl (C=O) groups excluding carboxylic acids is 1. The van der Waals surface area contributed by atoms with Gasteiger partial charge in [0.1, 0.15) is 5.82 Å². The third-order valence-electron chi connectivity index (χ3n) is 7.98. The summed E-state index contributed by atoms with van der Waals surface area (Å²) in [6, 6.07) is 10.4. The Balaban J connectivity index is 1.15. The Morgan fingerprint density at radius 1 is 1.11 bits per heavy atom. The van der Waals surface area contributed by atoms with E-state index < -0.39 is 5.54 Å². The Bertz CT molecular complexity index is 1120. The van der Waals surface area contributed by atoms with Crippen LogP contribution in [0.3, 0.4) is 0 Å². The minimum atomic E-state index is -0.877. The quantitative estimate of drug-likeness (QED) is 0.623. The van der Waals surface area contributed by atoms with Crippen molar-refractivity contribution in [1.82, 2.24) is 19.4 Å². The summed E-state index contributed by atoms with van der Waals surface area (Å²) < 4.78 is 1.57. The van der Waals surface area contributed by atoms with Gasteiger partial charge in [0.2, 0.25) is 5.91 Å². The molecule has 0 radical (unpaired) electrons. The van der Waals surface area contributed by atoms with E-state index in [2.05, 4.69) is 22.0 Å². The van der Waals surface area contributed by atoms with Gasteiger partial charge in [0.05, 0.1) is 11.2 Å². The van der Waals surface area contributed by atoms with Crippen LogP contribution in [-0.2, 0) is 11.2 Å². The van der Waals surface area contributed by atoms with Gasteiger partial charge in [0, 0.05) is 63.5 Å². The third-order valence-corrected chi connectivity index (χ3v) is 7.98. The molecule has 9 nitrogen and oxygen atoms in total. The fraction of sp³-hybridized carbons (Fsp3) is 0.577. The van der Waals surface area contributed by atoms with Crippen LogP contribution in [0.25, 0.3) is 5.69 Å². The van der Waals surface area contributed by atoms with Crippen molar-refractivity contribution in [2.75, 3.05) is 50.7 Å². The van der Waals surface area contributed by atoms with Crippen molar-refractivity contribution in [3.05, 3.63) is 52.6 Å². The first kappa shape index (κ1) is 24.0. The largest absolute Gasteiger partial charge is 0.354 e. The number of piperazine rings is 1. The van der Waals surface area contributed by atoms with E-state index in [1.54, 1.807) is 29.5 Å². The van der Waals surface area contributed by atoms with E-state index in [0.717, 1.165) is 31.7 Å². The van der Waals surface area contributed by atoms with Crippen LogP contribution in [0.5, 0.6) is 0 Å². The summed E-state index contributed by atoms with van der Waals surface area (Å²) in [5.74, 6) is 0.584. The molecule has 2 aromatic rings. The standard InChI is InChI=1S/C26H37N7O2/c1-25(2,28)23(34)32-15-13-31(14-16-32)22-9-12-33(24(35)29-22)20-5-3-19(4-6-20)8-11-30-17-26(18-30)10-7-21(26)27/h3-6,9,12,21H,7-8,10-11,13-18,27-28H2,1-2H3. The van der Waals surface area contributed by atoms with Crippen LogP contribution in [0.15, 0.2) is 41.3 Å². The van der Waals surface area contributed by atoms with Crippen molar-refractivity contribution in [3.63, 3.8) is 0 Å². The first-order valence-electron chi connectivity index (χ1n) is 12.6. The molecule has 1 spiro atoms. The van der Waals surface area contributed by atoms with E-state index in [-0.39, 0.29) is 11.6 Å². The average Bonchev–Trinajstić information content (AvgIpc) is 2.81. The number of anilines is 1. The molecule has 3 fully saturated rings. The van der Waals surface area contributed by atoms with Gasteiger partial charge in [-0.1, -0.05) is 12.1 Å².